The van der Waals surface area contributed by atoms with E-state index in [1.165, 1.54) is 19.3 Å². The predicted molar refractivity (Wildman–Crippen MR) is 266 cm³/mol. The van der Waals surface area contributed by atoms with E-state index >= 15 is 0 Å². The molecule has 6 N–H and O–H groups in total. The molecule has 2 rings (SSSR count). The standard InChI is InChI=1S/C53H81O14P/c1-3-5-7-8-9-10-11-12-13-14-15-16-17-18-23-26-29-32-36-40-47(55)65-43(42-64-68(61,62)67-53-51(59)49(57)48(56)50(58)52(53)60)41-63-46(54)39-35-31-28-25-22-20-19-21-24-27-30-34-38-45-44(66-45)37-33-6-4-2/h6,9-10,12-13,15-16,18,20-24,28-34,43-45,48-53,56-60H,3-5,7-8,11,14,17,19,25-27,35-42H2,1-2H3,(H,61,62)/b10-9-,13-12-,16-15-,22-20-,23-18-,24-21-,31-28-,32-29-,33-6-,34-30-/t43-,44?,45?,48?,49-,50+,51-,52-,53?/m1/s1. The summed E-state index contributed by atoms with van der Waals surface area (Å²) in [4.78, 5) is 35.7. The van der Waals surface area contributed by atoms with Crippen molar-refractivity contribution in [2.24, 2.45) is 0 Å². The predicted octanol–water partition coefficient (Wildman–Crippen LogP) is 9.15. The van der Waals surface area contributed by atoms with E-state index in [4.69, 9.17) is 23.3 Å². The molecule has 10 atom stereocenters. The second-order valence-electron chi connectivity index (χ2n) is 16.6. The smallest absolute Gasteiger partial charge is 0.462 e. The quantitative estimate of drug-likeness (QED) is 0.0112. The van der Waals surface area contributed by atoms with Crippen LogP contribution in [0.1, 0.15) is 129 Å². The first-order valence-electron chi connectivity index (χ1n) is 24.5. The summed E-state index contributed by atoms with van der Waals surface area (Å²) in [6.45, 7) is 3.01. The van der Waals surface area contributed by atoms with Gasteiger partial charge in [-0.15, -0.1) is 0 Å². The summed E-state index contributed by atoms with van der Waals surface area (Å²) < 4.78 is 39.1. The number of carbonyl (C=O) groups is 2. The number of phosphoric acid groups is 1. The third-order valence-electron chi connectivity index (χ3n) is 10.7. The Bertz CT molecular complexity index is 1710. The van der Waals surface area contributed by atoms with Crippen LogP contribution in [-0.4, -0.2) is 111 Å². The minimum absolute atomic E-state index is 0.0151. The van der Waals surface area contributed by atoms with Crippen LogP contribution in [0.2, 0.25) is 0 Å². The molecule has 0 radical (unpaired) electrons. The van der Waals surface area contributed by atoms with Gasteiger partial charge in [0, 0.05) is 12.8 Å². The molecule has 1 aliphatic heterocycles. The van der Waals surface area contributed by atoms with E-state index in [-0.39, 0.29) is 12.8 Å². The van der Waals surface area contributed by atoms with E-state index in [1.807, 2.05) is 36.5 Å². The highest BCUT2D eigenvalue weighted by molar-refractivity contribution is 7.47. The Balaban J connectivity index is 1.75. The summed E-state index contributed by atoms with van der Waals surface area (Å²) in [6.07, 6.45) is 43.1. The fourth-order valence-corrected chi connectivity index (χ4v) is 7.66. The Morgan fingerprint density at radius 3 is 1.41 bits per heavy atom. The Morgan fingerprint density at radius 1 is 0.529 bits per heavy atom. The lowest BCUT2D eigenvalue weighted by Gasteiger charge is -2.41. The number of unbranched alkanes of at least 4 members (excludes halogenated alkanes) is 3. The first kappa shape index (κ1) is 60.3. The molecule has 0 aromatic rings. The lowest BCUT2D eigenvalue weighted by molar-refractivity contribution is -0.220. The number of aliphatic hydroxyl groups excluding tert-OH is 5. The molecule has 5 unspecified atom stereocenters. The minimum atomic E-state index is -5.17. The van der Waals surface area contributed by atoms with Crippen molar-refractivity contribution in [3.05, 3.63) is 122 Å². The summed E-state index contributed by atoms with van der Waals surface area (Å²) >= 11 is 0. The van der Waals surface area contributed by atoms with E-state index in [0.29, 0.717) is 37.9 Å². The molecular formula is C53H81O14P. The highest BCUT2D eigenvalue weighted by Gasteiger charge is 2.51. The number of hydrogen-bond donors (Lipinski definition) is 6. The summed E-state index contributed by atoms with van der Waals surface area (Å²) in [5.74, 6) is -1.31. The molecule has 0 bridgehead atoms. The highest BCUT2D eigenvalue weighted by Crippen LogP contribution is 2.47. The normalized spacial score (nSPS) is 25.1. The third-order valence-corrected chi connectivity index (χ3v) is 11.7. The second kappa shape index (κ2) is 38.0. The first-order valence-corrected chi connectivity index (χ1v) is 26.0. The van der Waals surface area contributed by atoms with Gasteiger partial charge in [-0.2, -0.15) is 0 Å². The SMILES string of the molecule is CC/C=C\CC1OC1C/C=C\C/C=C\C/C=C\C/C=C\CCC(=O)OC[C@H](COP(=O)(O)OC1[C@H](O)[C@H](O)C(O)[C@H](O)[C@H]1O)OC(=O)CC/C=C\C/C=C\C/C=C\C/C=C\C/C=C\CCCCC. The van der Waals surface area contributed by atoms with Gasteiger partial charge < -0.3 is 44.6 Å². The Hall–Kier alpha value is -3.79. The number of aliphatic hydroxyl groups is 5. The summed E-state index contributed by atoms with van der Waals surface area (Å²) in [5, 5.41) is 50.2. The lowest BCUT2D eigenvalue weighted by atomic mass is 9.85. The fraction of sp³-hybridized carbons (Fsp3) is 0.585. The number of ether oxygens (including phenoxy) is 3. The number of hydrogen-bond acceptors (Lipinski definition) is 13. The molecule has 0 amide bonds. The van der Waals surface area contributed by atoms with Crippen LogP contribution in [0.5, 0.6) is 0 Å². The Labute approximate surface area is 405 Å². The maximum Gasteiger partial charge on any atom is 0.472 e. The van der Waals surface area contributed by atoms with Gasteiger partial charge in [0.25, 0.3) is 0 Å². The van der Waals surface area contributed by atoms with E-state index in [9.17, 15) is 44.6 Å². The molecule has 14 nitrogen and oxygen atoms in total. The van der Waals surface area contributed by atoms with Crippen LogP contribution in [0.3, 0.4) is 0 Å². The Morgan fingerprint density at radius 2 is 0.941 bits per heavy atom. The lowest BCUT2D eigenvalue weighted by Crippen LogP contribution is -2.64. The number of allylic oxidation sites excluding steroid dienone is 18. The largest absolute Gasteiger partial charge is 0.472 e. The van der Waals surface area contributed by atoms with Crippen molar-refractivity contribution in [3.8, 4) is 0 Å². The zero-order valence-electron chi connectivity index (χ0n) is 40.3. The van der Waals surface area contributed by atoms with Crippen molar-refractivity contribution in [2.75, 3.05) is 13.2 Å². The van der Waals surface area contributed by atoms with E-state index in [0.717, 1.165) is 57.8 Å². The van der Waals surface area contributed by atoms with Crippen LogP contribution in [0.25, 0.3) is 0 Å². The van der Waals surface area contributed by atoms with Crippen LogP contribution >= 0.6 is 7.82 Å². The van der Waals surface area contributed by atoms with Crippen LogP contribution in [0.4, 0.5) is 0 Å². The van der Waals surface area contributed by atoms with Crippen molar-refractivity contribution >= 4 is 19.8 Å². The molecule has 15 heteroatoms. The van der Waals surface area contributed by atoms with Gasteiger partial charge in [0.15, 0.2) is 6.10 Å². The fourth-order valence-electron chi connectivity index (χ4n) is 6.69. The van der Waals surface area contributed by atoms with Crippen LogP contribution < -0.4 is 0 Å². The van der Waals surface area contributed by atoms with Gasteiger partial charge in [-0.1, -0.05) is 148 Å². The van der Waals surface area contributed by atoms with E-state index in [1.54, 1.807) is 0 Å². The number of phosphoric ester groups is 1. The monoisotopic (exact) mass is 973 g/mol. The number of epoxide rings is 1. The van der Waals surface area contributed by atoms with Gasteiger partial charge in [-0.3, -0.25) is 18.6 Å². The molecule has 1 aliphatic carbocycles. The zero-order chi connectivity index (χ0) is 49.7. The summed E-state index contributed by atoms with van der Waals surface area (Å²) in [6, 6.07) is 0. The second-order valence-corrected chi connectivity index (χ2v) is 18.0. The van der Waals surface area contributed by atoms with Crippen molar-refractivity contribution in [2.45, 2.75) is 184 Å². The molecule has 0 aromatic heterocycles. The molecule has 2 fully saturated rings. The number of carbonyl (C=O) groups excluding carboxylic acids is 2. The molecule has 1 heterocycles. The maximum atomic E-state index is 12.8. The number of rotatable bonds is 37. The van der Waals surface area contributed by atoms with Gasteiger partial charge in [0.05, 0.1) is 18.8 Å². The average Bonchev–Trinajstić information content (AvgIpc) is 4.08. The van der Waals surface area contributed by atoms with Crippen molar-refractivity contribution < 1.29 is 67.8 Å². The molecule has 1 saturated carbocycles. The highest BCUT2D eigenvalue weighted by atomic mass is 31.2. The van der Waals surface area contributed by atoms with E-state index < -0.39 is 75.7 Å². The van der Waals surface area contributed by atoms with Crippen LogP contribution in [0, 0.1) is 0 Å². The van der Waals surface area contributed by atoms with Gasteiger partial charge >= 0.3 is 19.8 Å². The van der Waals surface area contributed by atoms with Crippen LogP contribution in [0.15, 0.2) is 122 Å². The molecule has 1 saturated heterocycles. The Kier molecular flexibility index (Phi) is 33.7. The maximum absolute atomic E-state index is 12.8. The molecule has 0 aromatic carbocycles. The topological polar surface area (TPSA) is 222 Å². The molecular weight excluding hydrogens is 892 g/mol. The first-order chi connectivity index (χ1) is 32.9. The molecule has 68 heavy (non-hydrogen) atoms. The van der Waals surface area contributed by atoms with Gasteiger partial charge in [0.1, 0.15) is 43.2 Å². The van der Waals surface area contributed by atoms with Gasteiger partial charge in [-0.25, -0.2) is 4.57 Å². The van der Waals surface area contributed by atoms with Crippen molar-refractivity contribution in [3.63, 3.8) is 0 Å². The number of esters is 2. The van der Waals surface area contributed by atoms with Crippen molar-refractivity contribution in [1.82, 2.24) is 0 Å². The van der Waals surface area contributed by atoms with Crippen LogP contribution in [-0.2, 0) is 37.4 Å². The van der Waals surface area contributed by atoms with Gasteiger partial charge in [-0.05, 0) is 89.9 Å². The zero-order valence-corrected chi connectivity index (χ0v) is 41.2. The van der Waals surface area contributed by atoms with E-state index in [2.05, 4.69) is 98.9 Å². The van der Waals surface area contributed by atoms with Gasteiger partial charge in [0.2, 0.25) is 0 Å². The summed E-state index contributed by atoms with van der Waals surface area (Å²) in [7, 11) is -5.17. The van der Waals surface area contributed by atoms with Crippen molar-refractivity contribution in [1.29, 1.82) is 0 Å². The minimum Gasteiger partial charge on any atom is -0.462 e. The molecule has 0 spiro atoms. The molecule has 382 valence electrons. The molecule has 2 aliphatic rings. The average molecular weight is 973 g/mol. The third kappa shape index (κ3) is 29.3. The summed E-state index contributed by atoms with van der Waals surface area (Å²) in [5.41, 5.74) is 0.